The number of carbonyl (C=O) groups excluding carboxylic acids is 1. The van der Waals surface area contributed by atoms with E-state index in [2.05, 4.69) is 19.4 Å². The van der Waals surface area contributed by atoms with Crippen molar-refractivity contribution in [3.8, 4) is 0 Å². The van der Waals surface area contributed by atoms with E-state index in [4.69, 9.17) is 0 Å². The fourth-order valence-corrected chi connectivity index (χ4v) is 1.26. The van der Waals surface area contributed by atoms with Gasteiger partial charge in [-0.15, -0.1) is 0 Å². The highest BCUT2D eigenvalue weighted by molar-refractivity contribution is 5.77. The Labute approximate surface area is 61.6 Å². The third-order valence-corrected chi connectivity index (χ3v) is 1.83. The lowest BCUT2D eigenvalue weighted by atomic mass is 10.4. The second kappa shape index (κ2) is 2.58. The molecule has 3 nitrogen and oxygen atoms in total. The number of amides is 1. The van der Waals surface area contributed by atoms with Gasteiger partial charge in [-0.2, -0.15) is 0 Å². The van der Waals surface area contributed by atoms with Gasteiger partial charge in [0.15, 0.2) is 6.54 Å². The van der Waals surface area contributed by atoms with E-state index in [0.717, 1.165) is 24.0 Å². The Kier molecular flexibility index (Phi) is 1.94. The third-order valence-electron chi connectivity index (χ3n) is 1.83. The van der Waals surface area contributed by atoms with Crippen molar-refractivity contribution >= 4 is 5.91 Å². The Hall–Kier alpha value is -0.570. The van der Waals surface area contributed by atoms with Crippen molar-refractivity contribution in [2.45, 2.75) is 6.42 Å². The van der Waals surface area contributed by atoms with Gasteiger partial charge in [-0.3, -0.25) is 4.79 Å². The van der Waals surface area contributed by atoms with Crippen LogP contribution in [0.25, 0.3) is 0 Å². The average molecular weight is 143 g/mol. The smallest absolute Gasteiger partial charge is 0.275 e. The predicted molar refractivity (Wildman–Crippen MR) is 39.5 cm³/mol. The SMILES string of the molecule is C[N+]1(C)CCCNC(=O)C1. The van der Waals surface area contributed by atoms with Crippen LogP contribution in [0.15, 0.2) is 0 Å². The fraction of sp³-hybridized carbons (Fsp3) is 0.857. The van der Waals surface area contributed by atoms with E-state index in [-0.39, 0.29) is 5.91 Å². The summed E-state index contributed by atoms with van der Waals surface area (Å²) in [6, 6.07) is 0. The van der Waals surface area contributed by atoms with E-state index in [0.29, 0.717) is 6.54 Å². The topological polar surface area (TPSA) is 29.1 Å². The van der Waals surface area contributed by atoms with Crippen molar-refractivity contribution in [3.63, 3.8) is 0 Å². The van der Waals surface area contributed by atoms with E-state index in [9.17, 15) is 4.79 Å². The van der Waals surface area contributed by atoms with Crippen LogP contribution in [0.3, 0.4) is 0 Å². The van der Waals surface area contributed by atoms with Crippen molar-refractivity contribution in [1.29, 1.82) is 0 Å². The molecule has 0 bridgehead atoms. The first kappa shape index (κ1) is 7.54. The van der Waals surface area contributed by atoms with Crippen LogP contribution in [0, 0.1) is 0 Å². The summed E-state index contributed by atoms with van der Waals surface area (Å²) in [6.07, 6.45) is 1.10. The van der Waals surface area contributed by atoms with Crippen LogP contribution >= 0.6 is 0 Å². The van der Waals surface area contributed by atoms with Gasteiger partial charge < -0.3 is 9.80 Å². The summed E-state index contributed by atoms with van der Waals surface area (Å²) in [5, 5.41) is 2.85. The van der Waals surface area contributed by atoms with Crippen molar-refractivity contribution in [3.05, 3.63) is 0 Å². The minimum atomic E-state index is 0.183. The number of hydrogen-bond donors (Lipinski definition) is 1. The molecule has 0 radical (unpaired) electrons. The fourth-order valence-electron chi connectivity index (χ4n) is 1.26. The molecule has 0 aliphatic carbocycles. The lowest BCUT2D eigenvalue weighted by Gasteiger charge is -2.25. The molecule has 0 spiro atoms. The van der Waals surface area contributed by atoms with Crippen molar-refractivity contribution < 1.29 is 9.28 Å². The molecular weight excluding hydrogens is 128 g/mol. The molecule has 1 saturated heterocycles. The molecule has 0 saturated carbocycles. The Morgan fingerprint density at radius 1 is 1.50 bits per heavy atom. The number of hydrogen-bond acceptors (Lipinski definition) is 1. The first-order chi connectivity index (χ1) is 4.60. The molecular formula is C7H15N2O+. The monoisotopic (exact) mass is 143 g/mol. The minimum absolute atomic E-state index is 0.183. The summed E-state index contributed by atoms with van der Waals surface area (Å²) in [7, 11) is 4.18. The first-order valence-corrected chi connectivity index (χ1v) is 3.69. The largest absolute Gasteiger partial charge is 0.351 e. The molecule has 58 valence electrons. The van der Waals surface area contributed by atoms with Gasteiger partial charge in [0.2, 0.25) is 0 Å². The van der Waals surface area contributed by atoms with E-state index in [1.807, 2.05) is 0 Å². The highest BCUT2D eigenvalue weighted by Crippen LogP contribution is 2.01. The van der Waals surface area contributed by atoms with Crippen LogP contribution in [0.2, 0.25) is 0 Å². The molecule has 1 N–H and O–H groups in total. The van der Waals surface area contributed by atoms with Crippen molar-refractivity contribution in [1.82, 2.24) is 5.32 Å². The molecule has 3 heteroatoms. The van der Waals surface area contributed by atoms with Gasteiger partial charge in [0.1, 0.15) is 0 Å². The zero-order valence-electron chi connectivity index (χ0n) is 6.68. The third kappa shape index (κ3) is 1.99. The Balaban J connectivity index is 2.54. The minimum Gasteiger partial charge on any atom is -0.351 e. The summed E-state index contributed by atoms with van der Waals surface area (Å²) < 4.78 is 0.825. The summed E-state index contributed by atoms with van der Waals surface area (Å²) >= 11 is 0. The molecule has 1 rings (SSSR count). The van der Waals surface area contributed by atoms with Crippen LogP contribution in [0.1, 0.15) is 6.42 Å². The number of nitrogens with zero attached hydrogens (tertiary/aromatic N) is 1. The molecule has 1 aliphatic rings. The zero-order valence-corrected chi connectivity index (χ0v) is 6.68. The molecule has 0 aromatic rings. The Morgan fingerprint density at radius 3 is 2.90 bits per heavy atom. The normalized spacial score (nSPS) is 25.2. The van der Waals surface area contributed by atoms with Gasteiger partial charge >= 0.3 is 0 Å². The van der Waals surface area contributed by atoms with Gasteiger partial charge in [0.05, 0.1) is 20.6 Å². The lowest BCUT2D eigenvalue weighted by molar-refractivity contribution is -0.881. The molecule has 0 aromatic heterocycles. The summed E-state index contributed by atoms with van der Waals surface area (Å²) in [4.78, 5) is 11.0. The molecule has 1 fully saturated rings. The zero-order chi connectivity index (χ0) is 7.61. The number of rotatable bonds is 0. The molecule has 10 heavy (non-hydrogen) atoms. The summed E-state index contributed by atoms with van der Waals surface area (Å²) in [5.41, 5.74) is 0. The van der Waals surface area contributed by atoms with E-state index < -0.39 is 0 Å². The van der Waals surface area contributed by atoms with E-state index >= 15 is 0 Å². The van der Waals surface area contributed by atoms with Crippen molar-refractivity contribution in [2.75, 3.05) is 33.7 Å². The Morgan fingerprint density at radius 2 is 2.20 bits per heavy atom. The number of quaternary nitrogens is 1. The van der Waals surface area contributed by atoms with E-state index in [1.54, 1.807) is 0 Å². The quantitative estimate of drug-likeness (QED) is 0.459. The van der Waals surface area contributed by atoms with Gasteiger partial charge in [-0.25, -0.2) is 0 Å². The first-order valence-electron chi connectivity index (χ1n) is 3.69. The molecule has 0 unspecified atom stereocenters. The molecule has 0 aromatic carbocycles. The number of likely N-dealkylation sites (N-methyl/N-ethyl adjacent to an activating group) is 1. The van der Waals surface area contributed by atoms with Crippen LogP contribution in [-0.2, 0) is 4.79 Å². The second-order valence-electron chi connectivity index (χ2n) is 3.52. The van der Waals surface area contributed by atoms with E-state index in [1.165, 1.54) is 0 Å². The molecule has 1 aliphatic heterocycles. The van der Waals surface area contributed by atoms with Crippen LogP contribution in [0.4, 0.5) is 0 Å². The maximum atomic E-state index is 11.0. The maximum Gasteiger partial charge on any atom is 0.275 e. The summed E-state index contributed by atoms with van der Waals surface area (Å²) in [6.45, 7) is 2.57. The van der Waals surface area contributed by atoms with Gasteiger partial charge in [-0.1, -0.05) is 0 Å². The Bertz CT molecular complexity index is 143. The van der Waals surface area contributed by atoms with Crippen LogP contribution < -0.4 is 5.32 Å². The van der Waals surface area contributed by atoms with Crippen LogP contribution in [0.5, 0.6) is 0 Å². The maximum absolute atomic E-state index is 11.0. The number of nitrogens with one attached hydrogen (secondary N) is 1. The molecule has 1 amide bonds. The standard InChI is InChI=1S/C7H14N2O/c1-9(2)5-3-4-8-7(10)6-9/h3-6H2,1-2H3/p+1. The predicted octanol–water partition coefficient (Wildman–Crippen LogP) is -0.417. The van der Waals surface area contributed by atoms with Gasteiger partial charge in [-0.05, 0) is 0 Å². The average Bonchev–Trinajstić information content (AvgIpc) is 1.90. The molecule has 1 heterocycles. The number of carbonyl (C=O) groups is 1. The highest BCUT2D eigenvalue weighted by atomic mass is 16.2. The molecule has 0 atom stereocenters. The highest BCUT2D eigenvalue weighted by Gasteiger charge is 2.22. The lowest BCUT2D eigenvalue weighted by Crippen LogP contribution is -2.44. The second-order valence-corrected chi connectivity index (χ2v) is 3.52. The van der Waals surface area contributed by atoms with Crippen molar-refractivity contribution in [2.24, 2.45) is 0 Å². The van der Waals surface area contributed by atoms with Gasteiger partial charge in [0.25, 0.3) is 5.91 Å². The van der Waals surface area contributed by atoms with Gasteiger partial charge in [0, 0.05) is 13.0 Å². The van der Waals surface area contributed by atoms with Crippen LogP contribution in [-0.4, -0.2) is 44.1 Å². The summed E-state index contributed by atoms with van der Waals surface area (Å²) in [5.74, 6) is 0.183.